The fraction of sp³-hybridized carbons (Fsp3) is 0.435. The molecular formula is C23H28N2O4. The predicted molar refractivity (Wildman–Crippen MR) is 112 cm³/mol. The summed E-state index contributed by atoms with van der Waals surface area (Å²) in [6.45, 7) is 9.01. The number of aromatic nitrogens is 1. The van der Waals surface area contributed by atoms with Gasteiger partial charge in [-0.05, 0) is 50.8 Å². The second-order valence-electron chi connectivity index (χ2n) is 9.33. The van der Waals surface area contributed by atoms with Gasteiger partial charge < -0.3 is 10.4 Å². The van der Waals surface area contributed by atoms with Gasteiger partial charge in [0.1, 0.15) is 5.56 Å². The van der Waals surface area contributed by atoms with E-state index >= 15 is 0 Å². The van der Waals surface area contributed by atoms with E-state index in [9.17, 15) is 19.5 Å². The van der Waals surface area contributed by atoms with Gasteiger partial charge in [-0.25, -0.2) is 0 Å². The van der Waals surface area contributed by atoms with Gasteiger partial charge in [0.15, 0.2) is 5.78 Å². The largest absolute Gasteiger partial charge is 0.394 e. The van der Waals surface area contributed by atoms with Crippen LogP contribution in [0.2, 0.25) is 0 Å². The first-order chi connectivity index (χ1) is 13.4. The summed E-state index contributed by atoms with van der Waals surface area (Å²) in [4.78, 5) is 39.1. The van der Waals surface area contributed by atoms with Crippen molar-refractivity contribution >= 4 is 11.7 Å². The lowest BCUT2D eigenvalue weighted by Crippen LogP contribution is -2.48. The number of nitrogens with zero attached hydrogens (tertiary/aromatic N) is 1. The molecule has 1 aliphatic carbocycles. The molecule has 1 aromatic carbocycles. The van der Waals surface area contributed by atoms with E-state index in [0.29, 0.717) is 29.8 Å². The van der Waals surface area contributed by atoms with Gasteiger partial charge in [0.25, 0.3) is 11.5 Å². The van der Waals surface area contributed by atoms with E-state index in [4.69, 9.17) is 0 Å². The van der Waals surface area contributed by atoms with Crippen molar-refractivity contribution in [2.24, 2.45) is 5.41 Å². The molecule has 1 heterocycles. The van der Waals surface area contributed by atoms with E-state index in [-0.39, 0.29) is 23.4 Å². The normalized spacial score (nSPS) is 15.7. The number of carbonyl (C=O) groups is 2. The Morgan fingerprint density at radius 1 is 1.17 bits per heavy atom. The lowest BCUT2D eigenvalue weighted by Gasteiger charge is -2.32. The minimum atomic E-state index is -0.889. The number of aliphatic hydroxyl groups is 1. The van der Waals surface area contributed by atoms with Crippen molar-refractivity contribution < 1.29 is 14.7 Å². The lowest BCUT2D eigenvalue weighted by molar-refractivity contribution is 0.0867. The zero-order valence-corrected chi connectivity index (χ0v) is 17.6. The monoisotopic (exact) mass is 396 g/mol. The minimum absolute atomic E-state index is 0.0763. The topological polar surface area (TPSA) is 88.4 Å². The highest BCUT2D eigenvalue weighted by Gasteiger charge is 2.35. The van der Waals surface area contributed by atoms with Gasteiger partial charge >= 0.3 is 0 Å². The summed E-state index contributed by atoms with van der Waals surface area (Å²) in [5.41, 5.74) is 0.994. The number of aliphatic hydroxyl groups excluding tert-OH is 1. The third-order valence-corrected chi connectivity index (χ3v) is 5.27. The highest BCUT2D eigenvalue weighted by atomic mass is 16.3. The molecule has 0 saturated carbocycles. The first-order valence-electron chi connectivity index (χ1n) is 9.77. The fourth-order valence-electron chi connectivity index (χ4n) is 3.66. The van der Waals surface area contributed by atoms with E-state index in [1.165, 1.54) is 10.6 Å². The summed E-state index contributed by atoms with van der Waals surface area (Å²) in [5, 5.41) is 12.1. The Kier molecular flexibility index (Phi) is 5.26. The summed E-state index contributed by atoms with van der Waals surface area (Å²) in [6, 6.07) is 8.85. The molecule has 0 atom stereocenters. The Labute approximate surface area is 170 Å². The van der Waals surface area contributed by atoms with Crippen molar-refractivity contribution in [3.05, 3.63) is 63.1 Å². The van der Waals surface area contributed by atoms with E-state index < -0.39 is 17.0 Å². The molecule has 0 radical (unpaired) electrons. The highest BCUT2D eigenvalue weighted by Crippen LogP contribution is 2.35. The first kappa shape index (κ1) is 21.0. The Balaban J connectivity index is 2.26. The number of hydrogen-bond acceptors (Lipinski definition) is 4. The molecule has 0 aliphatic heterocycles. The Morgan fingerprint density at radius 2 is 1.79 bits per heavy atom. The maximum Gasteiger partial charge on any atom is 0.268 e. The average Bonchev–Trinajstić information content (AvgIpc) is 2.61. The number of nitrogens with one attached hydrogen (secondary N) is 1. The zero-order chi connectivity index (χ0) is 21.6. The van der Waals surface area contributed by atoms with Crippen LogP contribution in [0, 0.1) is 12.3 Å². The van der Waals surface area contributed by atoms with Crippen molar-refractivity contribution in [1.82, 2.24) is 9.88 Å². The molecule has 0 saturated heterocycles. The van der Waals surface area contributed by atoms with Crippen LogP contribution in [-0.4, -0.2) is 33.5 Å². The summed E-state index contributed by atoms with van der Waals surface area (Å²) in [6.07, 6.45) is 0.913. The van der Waals surface area contributed by atoms with Crippen LogP contribution >= 0.6 is 0 Å². The van der Waals surface area contributed by atoms with Crippen molar-refractivity contribution in [2.75, 3.05) is 6.61 Å². The van der Waals surface area contributed by atoms with Crippen LogP contribution in [0.4, 0.5) is 0 Å². The molecule has 1 amide bonds. The SMILES string of the molecule is Cc1ccc(-n2c3c(cc(C(=O)NC(C)(C)CO)c2=O)C(=O)CC(C)(C)C3)cc1. The van der Waals surface area contributed by atoms with Gasteiger partial charge in [-0.1, -0.05) is 31.5 Å². The standard InChI is InChI=1S/C23H28N2O4/c1-14-6-8-15(9-7-14)25-18-11-22(2,3)12-19(27)16(18)10-17(21(25)29)20(28)24-23(4,5)13-26/h6-10,26H,11-13H2,1-5H3,(H,24,28). The molecule has 6 nitrogen and oxygen atoms in total. The van der Waals surface area contributed by atoms with Gasteiger partial charge in [-0.3, -0.25) is 19.0 Å². The number of fused-ring (bicyclic) bond motifs is 1. The van der Waals surface area contributed by atoms with Gasteiger partial charge in [-0.2, -0.15) is 0 Å². The second kappa shape index (κ2) is 7.26. The second-order valence-corrected chi connectivity index (χ2v) is 9.33. The number of benzene rings is 1. The van der Waals surface area contributed by atoms with Crippen LogP contribution in [0.15, 0.2) is 35.1 Å². The number of amides is 1. The smallest absolute Gasteiger partial charge is 0.268 e. The number of hydrogen-bond donors (Lipinski definition) is 2. The number of carbonyl (C=O) groups excluding carboxylic acids is 2. The van der Waals surface area contributed by atoms with Gasteiger partial charge in [-0.15, -0.1) is 0 Å². The molecule has 0 fully saturated rings. The number of pyridine rings is 1. The molecule has 0 unspecified atom stereocenters. The van der Waals surface area contributed by atoms with Crippen LogP contribution in [0.3, 0.4) is 0 Å². The third-order valence-electron chi connectivity index (χ3n) is 5.27. The maximum absolute atomic E-state index is 13.4. The molecule has 3 rings (SSSR count). The summed E-state index contributed by atoms with van der Waals surface area (Å²) < 4.78 is 1.49. The Bertz CT molecular complexity index is 1030. The third kappa shape index (κ3) is 4.17. The molecule has 6 heteroatoms. The number of aryl methyl sites for hydroxylation is 1. The number of ketones is 1. The average molecular weight is 396 g/mol. The summed E-state index contributed by atoms with van der Waals surface area (Å²) in [7, 11) is 0. The molecule has 2 aromatic rings. The Hall–Kier alpha value is -2.73. The van der Waals surface area contributed by atoms with E-state index in [1.54, 1.807) is 13.8 Å². The van der Waals surface area contributed by atoms with Crippen molar-refractivity contribution in [1.29, 1.82) is 0 Å². The summed E-state index contributed by atoms with van der Waals surface area (Å²) in [5.74, 6) is -0.678. The molecular weight excluding hydrogens is 368 g/mol. The minimum Gasteiger partial charge on any atom is -0.394 e. The van der Waals surface area contributed by atoms with Crippen LogP contribution in [0.5, 0.6) is 0 Å². The molecule has 0 bridgehead atoms. The van der Waals surface area contributed by atoms with Crippen LogP contribution in [0.25, 0.3) is 5.69 Å². The molecule has 29 heavy (non-hydrogen) atoms. The van der Waals surface area contributed by atoms with Crippen LogP contribution in [0.1, 0.15) is 66.1 Å². The quantitative estimate of drug-likeness (QED) is 0.832. The van der Waals surface area contributed by atoms with E-state index in [0.717, 1.165) is 5.56 Å². The van der Waals surface area contributed by atoms with Crippen molar-refractivity contribution in [3.63, 3.8) is 0 Å². The molecule has 2 N–H and O–H groups in total. The molecule has 1 aromatic heterocycles. The lowest BCUT2D eigenvalue weighted by atomic mass is 9.75. The van der Waals surface area contributed by atoms with Gasteiger partial charge in [0.2, 0.25) is 0 Å². The molecule has 0 spiro atoms. The van der Waals surface area contributed by atoms with E-state index in [1.807, 2.05) is 45.0 Å². The maximum atomic E-state index is 13.4. The molecule has 1 aliphatic rings. The van der Waals surface area contributed by atoms with E-state index in [2.05, 4.69) is 5.32 Å². The van der Waals surface area contributed by atoms with Crippen molar-refractivity contribution in [2.45, 2.75) is 53.0 Å². The Morgan fingerprint density at radius 3 is 2.38 bits per heavy atom. The van der Waals surface area contributed by atoms with Crippen LogP contribution in [-0.2, 0) is 6.42 Å². The van der Waals surface area contributed by atoms with Gasteiger partial charge in [0, 0.05) is 23.4 Å². The highest BCUT2D eigenvalue weighted by molar-refractivity contribution is 6.02. The number of Topliss-reactive ketones (excluding diaryl/α,β-unsaturated/α-hetero) is 1. The zero-order valence-electron chi connectivity index (χ0n) is 17.6. The summed E-state index contributed by atoms with van der Waals surface area (Å²) >= 11 is 0. The fourth-order valence-corrected chi connectivity index (χ4v) is 3.66. The first-order valence-corrected chi connectivity index (χ1v) is 9.77. The van der Waals surface area contributed by atoms with Crippen molar-refractivity contribution in [3.8, 4) is 5.69 Å². The molecule has 154 valence electrons. The van der Waals surface area contributed by atoms with Gasteiger partial charge in [0.05, 0.1) is 12.1 Å². The predicted octanol–water partition coefficient (Wildman–Crippen LogP) is 2.80. The van der Waals surface area contributed by atoms with Crippen LogP contribution < -0.4 is 10.9 Å². The number of rotatable bonds is 4.